The Kier molecular flexibility index (Phi) is 5.53. The van der Waals surface area contributed by atoms with Crippen LogP contribution >= 0.6 is 23.1 Å². The number of carbonyl (C=O) groups is 2. The van der Waals surface area contributed by atoms with Crippen LogP contribution in [0, 0.1) is 13.8 Å². The van der Waals surface area contributed by atoms with Crippen molar-refractivity contribution in [1.29, 1.82) is 0 Å². The molecule has 2 heterocycles. The smallest absolute Gasteiger partial charge is 0.244 e. The van der Waals surface area contributed by atoms with E-state index < -0.39 is 11.9 Å². The van der Waals surface area contributed by atoms with E-state index in [0.29, 0.717) is 5.56 Å². The maximum absolute atomic E-state index is 12.4. The molecule has 1 aromatic carbocycles. The summed E-state index contributed by atoms with van der Waals surface area (Å²) < 4.78 is 0. The summed E-state index contributed by atoms with van der Waals surface area (Å²) in [6.45, 7) is 4.07. The second-order valence-corrected chi connectivity index (χ2v) is 7.91. The van der Waals surface area contributed by atoms with Gasteiger partial charge in [0, 0.05) is 10.3 Å². The molecule has 2 amide bonds. The van der Waals surface area contributed by atoms with Gasteiger partial charge in [-0.3, -0.25) is 9.59 Å². The van der Waals surface area contributed by atoms with Crippen molar-refractivity contribution in [3.8, 4) is 0 Å². The Morgan fingerprint density at radius 3 is 2.65 bits per heavy atom. The predicted molar refractivity (Wildman–Crippen MR) is 104 cm³/mol. The number of hydrogen-bond donors (Lipinski definition) is 2. The Labute approximate surface area is 159 Å². The highest BCUT2D eigenvalue weighted by atomic mass is 32.2. The summed E-state index contributed by atoms with van der Waals surface area (Å²) in [6, 6.07) is 8.10. The van der Waals surface area contributed by atoms with Crippen molar-refractivity contribution >= 4 is 45.1 Å². The fourth-order valence-electron chi connectivity index (χ4n) is 2.56. The van der Waals surface area contributed by atoms with Crippen LogP contribution in [0.3, 0.4) is 0 Å². The van der Waals surface area contributed by atoms with Crippen LogP contribution in [0.1, 0.15) is 22.0 Å². The van der Waals surface area contributed by atoms with E-state index >= 15 is 0 Å². The van der Waals surface area contributed by atoms with Gasteiger partial charge in [0.1, 0.15) is 22.2 Å². The molecule has 0 saturated carbocycles. The highest BCUT2D eigenvalue weighted by Gasteiger charge is 2.20. The zero-order chi connectivity index (χ0) is 18.7. The van der Waals surface area contributed by atoms with Crippen LogP contribution in [0.15, 0.2) is 41.7 Å². The predicted octanol–water partition coefficient (Wildman–Crippen LogP) is 2.74. The standard InChI is InChI=1S/C18H18N4O2S2/c1-10-11(2)26-18-14(10)17(20-9-21-18)25-8-13(23)22-15(16(19)24)12-6-4-3-5-7-12/h3-7,9,15H,8H2,1-2H3,(H2,19,24)(H,22,23). The van der Waals surface area contributed by atoms with E-state index in [-0.39, 0.29) is 11.7 Å². The molecule has 2 aromatic heterocycles. The number of benzene rings is 1. The number of carbonyl (C=O) groups excluding carboxylic acids is 2. The van der Waals surface area contributed by atoms with Crippen LogP contribution in [0.5, 0.6) is 0 Å². The van der Waals surface area contributed by atoms with Crippen molar-refractivity contribution in [1.82, 2.24) is 15.3 Å². The van der Waals surface area contributed by atoms with Crippen LogP contribution in [-0.2, 0) is 9.59 Å². The maximum atomic E-state index is 12.4. The van der Waals surface area contributed by atoms with Crippen LogP contribution in [-0.4, -0.2) is 27.5 Å². The third-order valence-electron chi connectivity index (χ3n) is 3.99. The third-order valence-corrected chi connectivity index (χ3v) is 6.10. The van der Waals surface area contributed by atoms with Gasteiger partial charge in [-0.15, -0.1) is 11.3 Å². The summed E-state index contributed by atoms with van der Waals surface area (Å²) in [5.74, 6) is -0.737. The monoisotopic (exact) mass is 386 g/mol. The lowest BCUT2D eigenvalue weighted by Gasteiger charge is -2.15. The fraction of sp³-hybridized carbons (Fsp3) is 0.222. The topological polar surface area (TPSA) is 98.0 Å². The normalized spacial score (nSPS) is 12.1. The van der Waals surface area contributed by atoms with E-state index in [4.69, 9.17) is 5.73 Å². The SMILES string of the molecule is Cc1sc2ncnc(SCC(=O)NC(C(N)=O)c3ccccc3)c2c1C. The van der Waals surface area contributed by atoms with E-state index in [2.05, 4.69) is 15.3 Å². The summed E-state index contributed by atoms with van der Waals surface area (Å²) in [6.07, 6.45) is 1.51. The zero-order valence-corrected chi connectivity index (χ0v) is 16.0. The Morgan fingerprint density at radius 1 is 1.23 bits per heavy atom. The Hall–Kier alpha value is -2.45. The number of hydrogen-bond acceptors (Lipinski definition) is 6. The summed E-state index contributed by atoms with van der Waals surface area (Å²) >= 11 is 2.94. The van der Waals surface area contributed by atoms with Crippen LogP contribution in [0.25, 0.3) is 10.2 Å². The number of aromatic nitrogens is 2. The molecule has 134 valence electrons. The molecule has 0 fully saturated rings. The minimum Gasteiger partial charge on any atom is -0.368 e. The minimum absolute atomic E-state index is 0.136. The molecule has 3 rings (SSSR count). The number of thiophene rings is 1. The average Bonchev–Trinajstić information content (AvgIpc) is 2.93. The number of amides is 2. The van der Waals surface area contributed by atoms with E-state index in [0.717, 1.165) is 20.8 Å². The number of rotatable bonds is 6. The van der Waals surface area contributed by atoms with Gasteiger partial charge in [0.25, 0.3) is 0 Å². The van der Waals surface area contributed by atoms with Gasteiger partial charge >= 0.3 is 0 Å². The molecule has 0 radical (unpaired) electrons. The van der Waals surface area contributed by atoms with Gasteiger partial charge in [0.2, 0.25) is 11.8 Å². The van der Waals surface area contributed by atoms with Crippen LogP contribution < -0.4 is 11.1 Å². The molecule has 8 heteroatoms. The minimum atomic E-state index is -0.847. The van der Waals surface area contributed by atoms with Crippen molar-refractivity contribution in [3.63, 3.8) is 0 Å². The first-order chi connectivity index (χ1) is 12.5. The fourth-order valence-corrected chi connectivity index (χ4v) is 4.49. The molecule has 1 unspecified atom stereocenters. The molecule has 0 aliphatic heterocycles. The van der Waals surface area contributed by atoms with Gasteiger partial charge in [-0.1, -0.05) is 42.1 Å². The average molecular weight is 387 g/mol. The van der Waals surface area contributed by atoms with Crippen molar-refractivity contribution < 1.29 is 9.59 Å². The number of aryl methyl sites for hydroxylation is 2. The molecular weight excluding hydrogens is 368 g/mol. The van der Waals surface area contributed by atoms with E-state index in [1.165, 1.54) is 23.0 Å². The highest BCUT2D eigenvalue weighted by molar-refractivity contribution is 8.00. The van der Waals surface area contributed by atoms with Gasteiger partial charge < -0.3 is 11.1 Å². The van der Waals surface area contributed by atoms with Gasteiger partial charge in [0.05, 0.1) is 5.75 Å². The first-order valence-corrected chi connectivity index (χ1v) is 9.74. The van der Waals surface area contributed by atoms with Gasteiger partial charge in [-0.25, -0.2) is 9.97 Å². The zero-order valence-electron chi connectivity index (χ0n) is 14.4. The van der Waals surface area contributed by atoms with Gasteiger partial charge in [0.15, 0.2) is 0 Å². The second-order valence-electron chi connectivity index (χ2n) is 5.74. The largest absolute Gasteiger partial charge is 0.368 e. The number of fused-ring (bicyclic) bond motifs is 1. The summed E-state index contributed by atoms with van der Waals surface area (Å²) in [5, 5.41) is 4.45. The summed E-state index contributed by atoms with van der Waals surface area (Å²) in [5.41, 5.74) is 7.23. The van der Waals surface area contributed by atoms with Crippen molar-refractivity contribution in [2.45, 2.75) is 24.9 Å². The van der Waals surface area contributed by atoms with Gasteiger partial charge in [-0.2, -0.15) is 0 Å². The second kappa shape index (κ2) is 7.84. The van der Waals surface area contributed by atoms with Crippen LogP contribution in [0.2, 0.25) is 0 Å². The number of primary amides is 1. The molecule has 0 aliphatic rings. The molecule has 3 aromatic rings. The van der Waals surface area contributed by atoms with E-state index in [9.17, 15) is 9.59 Å². The molecule has 26 heavy (non-hydrogen) atoms. The number of thioether (sulfide) groups is 1. The maximum Gasteiger partial charge on any atom is 0.244 e. The van der Waals surface area contributed by atoms with E-state index in [1.54, 1.807) is 35.6 Å². The number of nitrogens with two attached hydrogens (primary N) is 1. The molecule has 1 atom stereocenters. The van der Waals surface area contributed by atoms with Crippen molar-refractivity contribution in [2.24, 2.45) is 5.73 Å². The Balaban J connectivity index is 1.72. The lowest BCUT2D eigenvalue weighted by atomic mass is 10.1. The molecule has 0 saturated heterocycles. The lowest BCUT2D eigenvalue weighted by molar-refractivity contribution is -0.126. The summed E-state index contributed by atoms with van der Waals surface area (Å²) in [4.78, 5) is 34.8. The number of nitrogens with one attached hydrogen (secondary N) is 1. The highest BCUT2D eigenvalue weighted by Crippen LogP contribution is 2.34. The number of nitrogens with zero attached hydrogens (tertiary/aromatic N) is 2. The Morgan fingerprint density at radius 2 is 1.96 bits per heavy atom. The molecule has 0 aliphatic carbocycles. The molecular formula is C18H18N4O2S2. The quantitative estimate of drug-likeness (QED) is 0.501. The van der Waals surface area contributed by atoms with Crippen LogP contribution in [0.4, 0.5) is 0 Å². The third kappa shape index (κ3) is 3.86. The molecule has 6 nitrogen and oxygen atoms in total. The van der Waals surface area contributed by atoms with Crippen molar-refractivity contribution in [3.05, 3.63) is 52.7 Å². The van der Waals surface area contributed by atoms with Crippen molar-refractivity contribution in [2.75, 3.05) is 5.75 Å². The summed E-state index contributed by atoms with van der Waals surface area (Å²) in [7, 11) is 0. The molecule has 3 N–H and O–H groups in total. The first-order valence-electron chi connectivity index (χ1n) is 7.94. The molecule has 0 bridgehead atoms. The van der Waals surface area contributed by atoms with E-state index in [1.807, 2.05) is 19.9 Å². The Bertz CT molecular complexity index is 956. The molecule has 0 spiro atoms. The van der Waals surface area contributed by atoms with Gasteiger partial charge in [-0.05, 0) is 25.0 Å². The first kappa shape index (κ1) is 18.3. The lowest BCUT2D eigenvalue weighted by Crippen LogP contribution is -2.38.